The SMILES string of the molecule is C=C(S)/N=C(/C)c1c(N)c(F)c(C(=N)/C(C(C)=C(C)C)=C(C)\C(C)=C/C)c(CC)c1CO. The van der Waals surface area contributed by atoms with Gasteiger partial charge in [0.2, 0.25) is 0 Å². The van der Waals surface area contributed by atoms with Crippen LogP contribution in [0.5, 0.6) is 0 Å². The third-order valence-electron chi connectivity index (χ3n) is 5.89. The summed E-state index contributed by atoms with van der Waals surface area (Å²) in [5.41, 5.74) is 12.5. The van der Waals surface area contributed by atoms with Crippen molar-refractivity contribution in [2.45, 2.75) is 68.4 Å². The molecule has 0 aliphatic carbocycles. The smallest absolute Gasteiger partial charge is 0.156 e. The number of halogens is 1. The Morgan fingerprint density at radius 3 is 2.09 bits per heavy atom. The van der Waals surface area contributed by atoms with Crippen molar-refractivity contribution >= 4 is 29.7 Å². The molecule has 0 radical (unpaired) electrons. The number of aliphatic imine (C=N–C) groups is 1. The second-order valence-corrected chi connectivity index (χ2v) is 8.55. The summed E-state index contributed by atoms with van der Waals surface area (Å²) in [7, 11) is 0. The van der Waals surface area contributed by atoms with Crippen LogP contribution in [0.25, 0.3) is 0 Å². The van der Waals surface area contributed by atoms with E-state index in [2.05, 4.69) is 24.2 Å². The predicted molar refractivity (Wildman–Crippen MR) is 139 cm³/mol. The standard InChI is InChI=1S/C26H36FN3OS/c1-10-14(5)16(7)21(15(6)13(3)4)25(28)23-19(11-2)20(12-31)22(26(29)24(23)27)17(8)30-18(9)32/h10,28,31-32H,9,11-12,29H2,1-8H3/b14-10-,21-16-,28-25?,30-17-. The summed E-state index contributed by atoms with van der Waals surface area (Å²) in [6, 6.07) is 0. The molecule has 0 fully saturated rings. The molecular formula is C26H36FN3OS. The zero-order chi connectivity index (χ0) is 24.9. The zero-order valence-corrected chi connectivity index (χ0v) is 21.4. The molecule has 0 aromatic heterocycles. The molecule has 0 aliphatic heterocycles. The monoisotopic (exact) mass is 457 g/mol. The molecular weight excluding hydrogens is 421 g/mol. The molecule has 0 aliphatic rings. The lowest BCUT2D eigenvalue weighted by molar-refractivity contribution is 0.280. The first-order valence-corrected chi connectivity index (χ1v) is 11.0. The van der Waals surface area contributed by atoms with Crippen LogP contribution in [0, 0.1) is 11.2 Å². The van der Waals surface area contributed by atoms with Crippen LogP contribution in [0.3, 0.4) is 0 Å². The molecule has 1 aromatic rings. The van der Waals surface area contributed by atoms with Crippen LogP contribution in [0.15, 0.2) is 50.5 Å². The molecule has 0 heterocycles. The van der Waals surface area contributed by atoms with Crippen molar-refractivity contribution in [1.82, 2.24) is 0 Å². The molecule has 0 saturated heterocycles. The van der Waals surface area contributed by atoms with Crippen molar-refractivity contribution in [3.05, 3.63) is 73.6 Å². The van der Waals surface area contributed by atoms with Crippen LogP contribution < -0.4 is 5.73 Å². The molecule has 1 aromatic carbocycles. The second kappa shape index (κ2) is 11.4. The number of hydrogen-bond acceptors (Lipinski definition) is 5. The lowest BCUT2D eigenvalue weighted by Gasteiger charge is -2.24. The van der Waals surface area contributed by atoms with E-state index in [4.69, 9.17) is 11.1 Å². The topological polar surface area (TPSA) is 82.5 Å². The third kappa shape index (κ3) is 5.48. The van der Waals surface area contributed by atoms with Gasteiger partial charge in [0.1, 0.15) is 0 Å². The van der Waals surface area contributed by atoms with Crippen molar-refractivity contribution in [2.24, 2.45) is 4.99 Å². The zero-order valence-electron chi connectivity index (χ0n) is 20.5. The van der Waals surface area contributed by atoms with Crippen molar-refractivity contribution in [1.29, 1.82) is 5.41 Å². The van der Waals surface area contributed by atoms with E-state index in [0.717, 1.165) is 22.3 Å². The van der Waals surface area contributed by atoms with E-state index in [1.807, 2.05) is 54.5 Å². The van der Waals surface area contributed by atoms with Gasteiger partial charge in [0.15, 0.2) is 5.82 Å². The Morgan fingerprint density at radius 1 is 1.12 bits per heavy atom. The van der Waals surface area contributed by atoms with E-state index in [1.165, 1.54) is 0 Å². The Bertz CT molecular complexity index is 1070. The Balaban J connectivity index is 4.17. The fourth-order valence-corrected chi connectivity index (χ4v) is 3.92. The van der Waals surface area contributed by atoms with Gasteiger partial charge in [-0.05, 0) is 77.2 Å². The first-order valence-electron chi connectivity index (χ1n) is 10.6. The lowest BCUT2D eigenvalue weighted by Crippen LogP contribution is -2.20. The minimum Gasteiger partial charge on any atom is -0.396 e. The maximum Gasteiger partial charge on any atom is 0.156 e. The molecule has 0 spiro atoms. The molecule has 32 heavy (non-hydrogen) atoms. The van der Waals surface area contributed by atoms with E-state index in [9.17, 15) is 5.11 Å². The lowest BCUT2D eigenvalue weighted by atomic mass is 9.82. The summed E-state index contributed by atoms with van der Waals surface area (Å²) >= 11 is 4.10. The van der Waals surface area contributed by atoms with E-state index in [-0.39, 0.29) is 28.6 Å². The van der Waals surface area contributed by atoms with E-state index >= 15 is 4.39 Å². The van der Waals surface area contributed by atoms with Gasteiger partial charge in [0.05, 0.1) is 23.0 Å². The van der Waals surface area contributed by atoms with Crippen LogP contribution >= 0.6 is 12.6 Å². The molecule has 0 unspecified atom stereocenters. The molecule has 4 nitrogen and oxygen atoms in total. The molecule has 1 rings (SSSR count). The highest BCUT2D eigenvalue weighted by atomic mass is 32.1. The predicted octanol–water partition coefficient (Wildman–Crippen LogP) is 6.68. The quantitative estimate of drug-likeness (QED) is 0.152. The van der Waals surface area contributed by atoms with Crippen LogP contribution in [-0.4, -0.2) is 16.5 Å². The van der Waals surface area contributed by atoms with Gasteiger partial charge in [0, 0.05) is 22.4 Å². The van der Waals surface area contributed by atoms with Crippen LogP contribution in [0.2, 0.25) is 0 Å². The van der Waals surface area contributed by atoms with Crippen molar-refractivity contribution < 1.29 is 9.50 Å². The summed E-state index contributed by atoms with van der Waals surface area (Å²) in [6.45, 7) is 18.6. The molecule has 0 saturated carbocycles. The first kappa shape index (κ1) is 27.6. The molecule has 4 N–H and O–H groups in total. The van der Waals surface area contributed by atoms with E-state index in [1.54, 1.807) is 6.92 Å². The van der Waals surface area contributed by atoms with Gasteiger partial charge in [-0.15, -0.1) is 12.6 Å². The highest BCUT2D eigenvalue weighted by molar-refractivity contribution is 7.84. The number of benzene rings is 1. The fourth-order valence-electron chi connectivity index (χ4n) is 3.77. The normalized spacial score (nSPS) is 13.1. The molecule has 0 amide bonds. The second-order valence-electron chi connectivity index (χ2n) is 8.03. The van der Waals surface area contributed by atoms with Gasteiger partial charge >= 0.3 is 0 Å². The molecule has 6 heteroatoms. The number of anilines is 1. The average molecular weight is 458 g/mol. The number of aliphatic hydroxyl groups is 1. The Hall–Kier alpha value is -2.44. The van der Waals surface area contributed by atoms with Gasteiger partial charge in [-0.2, -0.15) is 0 Å². The summed E-state index contributed by atoms with van der Waals surface area (Å²) in [6.07, 6.45) is 2.38. The van der Waals surface area contributed by atoms with Crippen LogP contribution in [-0.2, 0) is 13.0 Å². The first-order chi connectivity index (χ1) is 14.8. The minimum absolute atomic E-state index is 0.0536. The van der Waals surface area contributed by atoms with Gasteiger partial charge in [-0.1, -0.05) is 30.7 Å². The van der Waals surface area contributed by atoms with Crippen molar-refractivity contribution in [2.75, 3.05) is 5.73 Å². The number of thiol groups is 1. The Kier molecular flexibility index (Phi) is 9.86. The van der Waals surface area contributed by atoms with Gasteiger partial charge in [-0.3, -0.25) is 5.41 Å². The van der Waals surface area contributed by atoms with Crippen molar-refractivity contribution in [3.8, 4) is 0 Å². The van der Waals surface area contributed by atoms with Gasteiger partial charge in [-0.25, -0.2) is 9.38 Å². The number of nitrogens with two attached hydrogens (primary N) is 1. The minimum atomic E-state index is -0.677. The Labute approximate surface area is 197 Å². The summed E-state index contributed by atoms with van der Waals surface area (Å²) in [4.78, 5) is 4.21. The summed E-state index contributed by atoms with van der Waals surface area (Å²) in [5.74, 6) is -0.677. The highest BCUT2D eigenvalue weighted by Crippen LogP contribution is 2.35. The molecule has 0 atom stereocenters. The Morgan fingerprint density at radius 2 is 1.69 bits per heavy atom. The summed E-state index contributed by atoms with van der Waals surface area (Å²) < 4.78 is 15.8. The van der Waals surface area contributed by atoms with Crippen molar-refractivity contribution in [3.63, 3.8) is 0 Å². The van der Waals surface area contributed by atoms with Crippen LogP contribution in [0.1, 0.15) is 77.6 Å². The number of hydrogen-bond donors (Lipinski definition) is 4. The highest BCUT2D eigenvalue weighted by Gasteiger charge is 2.28. The number of nitrogens with zero attached hydrogens (tertiary/aromatic N) is 1. The number of rotatable bonds is 8. The third-order valence-corrected chi connectivity index (χ3v) is 5.99. The maximum atomic E-state index is 15.8. The van der Waals surface area contributed by atoms with Gasteiger partial charge in [0.25, 0.3) is 0 Å². The number of nitrogens with one attached hydrogen (secondary N) is 1. The van der Waals surface area contributed by atoms with Gasteiger partial charge < -0.3 is 10.8 Å². The fraction of sp³-hybridized carbons (Fsp3) is 0.385. The van der Waals surface area contributed by atoms with E-state index < -0.39 is 5.82 Å². The summed E-state index contributed by atoms with van der Waals surface area (Å²) in [5, 5.41) is 19.6. The number of allylic oxidation sites excluding steroid dienone is 6. The molecule has 0 bridgehead atoms. The largest absolute Gasteiger partial charge is 0.396 e. The van der Waals surface area contributed by atoms with E-state index in [0.29, 0.717) is 34.4 Å². The molecule has 174 valence electrons. The van der Waals surface area contributed by atoms with Crippen LogP contribution in [0.4, 0.5) is 10.1 Å². The maximum absolute atomic E-state index is 15.8. The number of nitrogen functional groups attached to an aromatic ring is 1. The average Bonchev–Trinajstić information content (AvgIpc) is 2.73. The number of aliphatic hydroxyl groups excluding tert-OH is 1.